The molecule has 7 heteroatoms. The predicted octanol–water partition coefficient (Wildman–Crippen LogP) is 2.10. The van der Waals surface area contributed by atoms with Gasteiger partial charge in [-0.15, -0.1) is 0 Å². The van der Waals surface area contributed by atoms with Crippen molar-refractivity contribution < 1.29 is 8.42 Å². The molecule has 1 aromatic rings. The van der Waals surface area contributed by atoms with Crippen LogP contribution in [0.15, 0.2) is 11.2 Å². The molecule has 1 aliphatic carbocycles. The monoisotopic (exact) mass is 349 g/mol. The second-order valence-electron chi connectivity index (χ2n) is 5.12. The van der Waals surface area contributed by atoms with Crippen LogP contribution in [0, 0.1) is 6.92 Å². The Bertz CT molecular complexity index is 522. The van der Waals surface area contributed by atoms with Crippen molar-refractivity contribution in [3.8, 4) is 0 Å². The molecule has 1 heterocycles. The Morgan fingerprint density at radius 3 is 2.68 bits per heavy atom. The number of aromatic nitrogens is 2. The highest BCUT2D eigenvalue weighted by Crippen LogP contribution is 2.25. The molecule has 2 unspecified atom stereocenters. The summed E-state index contributed by atoms with van der Waals surface area (Å²) in [6, 6.07) is -0.0465. The number of hydrogen-bond donors (Lipinski definition) is 1. The largest absolute Gasteiger partial charge is 0.337 e. The van der Waals surface area contributed by atoms with Gasteiger partial charge in [-0.05, 0) is 19.8 Å². The summed E-state index contributed by atoms with van der Waals surface area (Å²) in [5, 5.41) is 0.108. The van der Waals surface area contributed by atoms with Crippen molar-refractivity contribution >= 4 is 26.0 Å². The van der Waals surface area contributed by atoms with E-state index in [-0.39, 0.29) is 15.9 Å². The lowest BCUT2D eigenvalue weighted by atomic mass is 10.1. The van der Waals surface area contributed by atoms with Crippen LogP contribution in [0.25, 0.3) is 0 Å². The van der Waals surface area contributed by atoms with Crippen LogP contribution in [-0.4, -0.2) is 28.8 Å². The average molecular weight is 350 g/mol. The van der Waals surface area contributed by atoms with E-state index >= 15 is 0 Å². The van der Waals surface area contributed by atoms with Gasteiger partial charge in [0.05, 0.1) is 0 Å². The van der Waals surface area contributed by atoms with Gasteiger partial charge in [0.1, 0.15) is 5.82 Å². The third-order valence-corrected chi connectivity index (χ3v) is 6.06. The van der Waals surface area contributed by atoms with E-state index in [0.717, 1.165) is 25.7 Å². The third-order valence-electron chi connectivity index (χ3n) is 3.60. The van der Waals surface area contributed by atoms with E-state index in [0.29, 0.717) is 5.82 Å². The number of aryl methyl sites for hydroxylation is 2. The van der Waals surface area contributed by atoms with Crippen molar-refractivity contribution in [1.29, 1.82) is 0 Å². The molecule has 1 saturated carbocycles. The number of nitrogens with one attached hydrogen (secondary N) is 1. The Hall–Kier alpha value is -0.400. The van der Waals surface area contributed by atoms with Gasteiger partial charge in [0, 0.05) is 24.1 Å². The SMILES string of the molecule is Cc1nc(S(=O)(=O)NC2CCCCCC2Br)cn1C. The first kappa shape index (κ1) is 15.0. The highest BCUT2D eigenvalue weighted by molar-refractivity contribution is 9.09. The van der Waals surface area contributed by atoms with E-state index in [2.05, 4.69) is 25.6 Å². The summed E-state index contributed by atoms with van der Waals surface area (Å²) >= 11 is 3.60. The minimum atomic E-state index is -3.52. The van der Waals surface area contributed by atoms with Gasteiger partial charge in [-0.3, -0.25) is 0 Å². The van der Waals surface area contributed by atoms with Crippen LogP contribution >= 0.6 is 15.9 Å². The maximum Gasteiger partial charge on any atom is 0.259 e. The minimum Gasteiger partial charge on any atom is -0.337 e. The van der Waals surface area contributed by atoms with Crippen molar-refractivity contribution in [3.63, 3.8) is 0 Å². The maximum absolute atomic E-state index is 12.3. The molecule has 5 nitrogen and oxygen atoms in total. The smallest absolute Gasteiger partial charge is 0.259 e. The summed E-state index contributed by atoms with van der Waals surface area (Å²) in [4.78, 5) is 4.30. The van der Waals surface area contributed by atoms with Gasteiger partial charge in [0.25, 0.3) is 10.0 Å². The van der Waals surface area contributed by atoms with Gasteiger partial charge in [-0.25, -0.2) is 18.1 Å². The lowest BCUT2D eigenvalue weighted by molar-refractivity contribution is 0.519. The fourth-order valence-electron chi connectivity index (χ4n) is 2.31. The van der Waals surface area contributed by atoms with Crippen LogP contribution in [-0.2, 0) is 17.1 Å². The van der Waals surface area contributed by atoms with E-state index in [4.69, 9.17) is 0 Å². The molecule has 0 aliphatic heterocycles. The van der Waals surface area contributed by atoms with E-state index in [1.54, 1.807) is 24.7 Å². The van der Waals surface area contributed by atoms with Crippen LogP contribution in [0.3, 0.4) is 0 Å². The molecular weight excluding hydrogens is 330 g/mol. The molecule has 19 heavy (non-hydrogen) atoms. The molecule has 2 atom stereocenters. The standard InChI is InChI=1S/C12H20BrN3O2S/c1-9-14-12(8-16(9)2)19(17,18)15-11-7-5-3-4-6-10(11)13/h8,10-11,15H,3-7H2,1-2H3. The number of alkyl halides is 1. The van der Waals surface area contributed by atoms with Gasteiger partial charge in [0.15, 0.2) is 5.03 Å². The molecular formula is C12H20BrN3O2S. The van der Waals surface area contributed by atoms with Gasteiger partial charge >= 0.3 is 0 Å². The van der Waals surface area contributed by atoms with Crippen molar-refractivity contribution in [1.82, 2.24) is 14.3 Å². The molecule has 1 aromatic heterocycles. The van der Waals surface area contributed by atoms with Crippen molar-refractivity contribution in [2.24, 2.45) is 7.05 Å². The van der Waals surface area contributed by atoms with E-state index in [9.17, 15) is 8.42 Å². The van der Waals surface area contributed by atoms with Crippen LogP contribution < -0.4 is 4.72 Å². The van der Waals surface area contributed by atoms with E-state index in [1.165, 1.54) is 6.42 Å². The number of nitrogens with zero attached hydrogens (tertiary/aromatic N) is 2. The number of rotatable bonds is 3. The predicted molar refractivity (Wildman–Crippen MR) is 77.9 cm³/mol. The molecule has 0 saturated heterocycles. The summed E-state index contributed by atoms with van der Waals surface area (Å²) in [5.74, 6) is 0.691. The van der Waals surface area contributed by atoms with Crippen LogP contribution in [0.1, 0.15) is 37.9 Å². The Balaban J connectivity index is 2.16. The topological polar surface area (TPSA) is 64.0 Å². The molecule has 0 spiro atoms. The highest BCUT2D eigenvalue weighted by Gasteiger charge is 2.28. The molecule has 0 radical (unpaired) electrons. The number of hydrogen-bond acceptors (Lipinski definition) is 3. The number of sulfonamides is 1. The lowest BCUT2D eigenvalue weighted by Gasteiger charge is -2.20. The fourth-order valence-corrected chi connectivity index (χ4v) is 4.56. The fraction of sp³-hybridized carbons (Fsp3) is 0.750. The second kappa shape index (κ2) is 5.93. The summed E-state index contributed by atoms with van der Waals surface area (Å²) in [5.41, 5.74) is 0. The molecule has 0 aromatic carbocycles. The maximum atomic E-state index is 12.3. The van der Waals surface area contributed by atoms with Gasteiger partial charge in [-0.1, -0.05) is 35.2 Å². The van der Waals surface area contributed by atoms with Gasteiger partial charge in [0.2, 0.25) is 0 Å². The molecule has 2 rings (SSSR count). The molecule has 1 fully saturated rings. The third kappa shape index (κ3) is 3.58. The molecule has 0 bridgehead atoms. The first-order valence-electron chi connectivity index (χ1n) is 6.56. The van der Waals surface area contributed by atoms with Crippen molar-refractivity contribution in [2.75, 3.05) is 0 Å². The average Bonchev–Trinajstić information content (AvgIpc) is 2.55. The van der Waals surface area contributed by atoms with Crippen LogP contribution in [0.2, 0.25) is 0 Å². The van der Waals surface area contributed by atoms with Crippen LogP contribution in [0.4, 0.5) is 0 Å². The first-order valence-corrected chi connectivity index (χ1v) is 8.96. The van der Waals surface area contributed by atoms with Crippen molar-refractivity contribution in [2.45, 2.75) is 54.9 Å². The highest BCUT2D eigenvalue weighted by atomic mass is 79.9. The zero-order valence-corrected chi connectivity index (χ0v) is 13.7. The second-order valence-corrected chi connectivity index (χ2v) is 7.96. The van der Waals surface area contributed by atoms with Gasteiger partial charge in [-0.2, -0.15) is 0 Å². The Kier molecular flexibility index (Phi) is 4.68. The molecule has 1 aliphatic rings. The zero-order chi connectivity index (χ0) is 14.0. The minimum absolute atomic E-state index is 0.0465. The lowest BCUT2D eigenvalue weighted by Crippen LogP contribution is -2.40. The first-order chi connectivity index (χ1) is 8.90. The molecule has 108 valence electrons. The molecule has 1 N–H and O–H groups in total. The van der Waals surface area contributed by atoms with Crippen LogP contribution in [0.5, 0.6) is 0 Å². The summed E-state index contributed by atoms with van der Waals surface area (Å²) < 4.78 is 29.1. The van der Waals surface area contributed by atoms with E-state index < -0.39 is 10.0 Å². The zero-order valence-electron chi connectivity index (χ0n) is 11.3. The number of imidazole rings is 1. The van der Waals surface area contributed by atoms with Crippen molar-refractivity contribution in [3.05, 3.63) is 12.0 Å². The summed E-state index contributed by atoms with van der Waals surface area (Å²) in [7, 11) is -1.73. The Morgan fingerprint density at radius 2 is 2.05 bits per heavy atom. The number of halogens is 1. The quantitative estimate of drug-likeness (QED) is 0.671. The summed E-state index contributed by atoms with van der Waals surface area (Å²) in [6.07, 6.45) is 6.82. The Labute approximate surface area is 123 Å². The molecule has 0 amide bonds. The summed E-state index contributed by atoms with van der Waals surface area (Å²) in [6.45, 7) is 1.79. The Morgan fingerprint density at radius 1 is 1.37 bits per heavy atom. The van der Waals surface area contributed by atoms with E-state index in [1.807, 2.05) is 0 Å². The van der Waals surface area contributed by atoms with Gasteiger partial charge < -0.3 is 4.57 Å². The normalized spacial score (nSPS) is 25.2.